The molecule has 6 heteroatoms. The molecular weight excluding hydrogens is 256 g/mol. The van der Waals surface area contributed by atoms with E-state index in [0.717, 1.165) is 10.1 Å². The Hall–Kier alpha value is -1.46. The Labute approximate surface area is 108 Å². The minimum atomic E-state index is -0.0349. The maximum absolute atomic E-state index is 7.55. The number of nitrogen functional groups attached to an aromatic ring is 1. The number of hydrogen-bond acceptors (Lipinski definition) is 3. The lowest BCUT2D eigenvalue weighted by Gasteiger charge is -2.09. The fraction of sp³-hybridized carbons (Fsp3) is 0.0909. The second-order valence-corrected chi connectivity index (χ2v) is 4.87. The van der Waals surface area contributed by atoms with Crippen LogP contribution in [0.3, 0.4) is 0 Å². The first-order valence-corrected chi connectivity index (χ1v) is 6.07. The van der Waals surface area contributed by atoms with Crippen LogP contribution in [-0.2, 0) is 7.05 Å². The molecule has 0 bridgehead atoms. The van der Waals surface area contributed by atoms with Crippen LogP contribution in [0.15, 0.2) is 40.6 Å². The van der Waals surface area contributed by atoms with Gasteiger partial charge in [0.2, 0.25) is 0 Å². The lowest BCUT2D eigenvalue weighted by atomic mass is 10.2. The summed E-state index contributed by atoms with van der Waals surface area (Å²) in [7, 11) is 1.91. The van der Waals surface area contributed by atoms with Crippen molar-refractivity contribution in [3.63, 3.8) is 0 Å². The van der Waals surface area contributed by atoms with Crippen molar-refractivity contribution in [3.05, 3.63) is 41.2 Å². The lowest BCUT2D eigenvalue weighted by Crippen LogP contribution is -2.13. The van der Waals surface area contributed by atoms with Crippen molar-refractivity contribution in [1.29, 1.82) is 5.41 Å². The fourth-order valence-corrected chi connectivity index (χ4v) is 2.72. The summed E-state index contributed by atoms with van der Waals surface area (Å²) in [4.78, 5) is 5.05. The Morgan fingerprint density at radius 3 is 2.88 bits per heavy atom. The third-order valence-corrected chi connectivity index (χ3v) is 3.67. The van der Waals surface area contributed by atoms with Crippen molar-refractivity contribution in [3.8, 4) is 0 Å². The van der Waals surface area contributed by atoms with Gasteiger partial charge in [-0.2, -0.15) is 0 Å². The van der Waals surface area contributed by atoms with Crippen molar-refractivity contribution >= 4 is 29.2 Å². The number of amidine groups is 1. The summed E-state index contributed by atoms with van der Waals surface area (Å²) in [6.45, 7) is 0. The van der Waals surface area contributed by atoms with E-state index in [4.69, 9.17) is 22.7 Å². The predicted octanol–water partition coefficient (Wildman–Crippen LogP) is 2.51. The number of nitrogens with two attached hydrogens (primary N) is 1. The zero-order valence-corrected chi connectivity index (χ0v) is 10.7. The van der Waals surface area contributed by atoms with Gasteiger partial charge in [-0.3, -0.25) is 5.41 Å². The number of nitrogens with zero attached hydrogens (tertiary/aromatic N) is 2. The molecule has 88 valence electrons. The van der Waals surface area contributed by atoms with Crippen LogP contribution in [0, 0.1) is 5.41 Å². The summed E-state index contributed by atoms with van der Waals surface area (Å²) in [6.07, 6.45) is 3.58. The largest absolute Gasteiger partial charge is 0.384 e. The number of rotatable bonds is 3. The molecule has 1 heterocycles. The Kier molecular flexibility index (Phi) is 3.40. The molecule has 2 rings (SSSR count). The van der Waals surface area contributed by atoms with Crippen LogP contribution in [0.2, 0.25) is 5.02 Å². The van der Waals surface area contributed by atoms with Gasteiger partial charge in [0.25, 0.3) is 0 Å². The number of aromatic nitrogens is 2. The molecule has 0 fully saturated rings. The highest BCUT2D eigenvalue weighted by atomic mass is 35.5. The van der Waals surface area contributed by atoms with Crippen LogP contribution in [-0.4, -0.2) is 15.4 Å². The zero-order chi connectivity index (χ0) is 12.4. The second-order valence-electron chi connectivity index (χ2n) is 3.45. The van der Waals surface area contributed by atoms with E-state index in [2.05, 4.69) is 4.98 Å². The number of imidazole rings is 1. The smallest absolute Gasteiger partial charge is 0.172 e. The number of halogens is 1. The van der Waals surface area contributed by atoms with E-state index in [0.29, 0.717) is 10.6 Å². The molecule has 3 N–H and O–H groups in total. The highest BCUT2D eigenvalue weighted by Crippen LogP contribution is 2.32. The van der Waals surface area contributed by atoms with Crippen molar-refractivity contribution in [1.82, 2.24) is 9.55 Å². The molecule has 1 aromatic carbocycles. The summed E-state index contributed by atoms with van der Waals surface area (Å²) in [5.41, 5.74) is 6.10. The number of aryl methyl sites for hydroxylation is 1. The molecule has 0 unspecified atom stereocenters. The van der Waals surface area contributed by atoms with E-state index in [1.165, 1.54) is 11.8 Å². The van der Waals surface area contributed by atoms with Gasteiger partial charge < -0.3 is 10.3 Å². The summed E-state index contributed by atoms with van der Waals surface area (Å²) in [5.74, 6) is -0.0349. The second kappa shape index (κ2) is 4.81. The predicted molar refractivity (Wildman–Crippen MR) is 69.8 cm³/mol. The van der Waals surface area contributed by atoms with Gasteiger partial charge in [-0.05, 0) is 12.1 Å². The van der Waals surface area contributed by atoms with Crippen LogP contribution < -0.4 is 5.73 Å². The third-order valence-electron chi connectivity index (χ3n) is 2.22. The maximum atomic E-state index is 7.55. The van der Waals surface area contributed by atoms with Gasteiger partial charge in [0, 0.05) is 29.9 Å². The van der Waals surface area contributed by atoms with Gasteiger partial charge in [0.1, 0.15) is 5.84 Å². The summed E-state index contributed by atoms with van der Waals surface area (Å²) in [5, 5.41) is 8.86. The van der Waals surface area contributed by atoms with Crippen molar-refractivity contribution in [2.24, 2.45) is 12.8 Å². The Bertz CT molecular complexity index is 564. The average Bonchev–Trinajstić information content (AvgIpc) is 2.64. The molecular formula is C11H11ClN4S. The van der Waals surface area contributed by atoms with E-state index >= 15 is 0 Å². The van der Waals surface area contributed by atoms with Gasteiger partial charge >= 0.3 is 0 Å². The molecule has 0 saturated carbocycles. The van der Waals surface area contributed by atoms with Crippen LogP contribution in [0.1, 0.15) is 5.56 Å². The molecule has 17 heavy (non-hydrogen) atoms. The number of hydrogen-bond donors (Lipinski definition) is 2. The molecule has 0 saturated heterocycles. The molecule has 4 nitrogen and oxygen atoms in total. The van der Waals surface area contributed by atoms with Gasteiger partial charge in [0.15, 0.2) is 5.16 Å². The van der Waals surface area contributed by atoms with E-state index < -0.39 is 0 Å². The zero-order valence-electron chi connectivity index (χ0n) is 9.14. The van der Waals surface area contributed by atoms with Crippen molar-refractivity contribution in [2.45, 2.75) is 10.1 Å². The average molecular weight is 267 g/mol. The molecule has 0 spiro atoms. The Morgan fingerprint density at radius 2 is 2.29 bits per heavy atom. The van der Waals surface area contributed by atoms with E-state index in [1.807, 2.05) is 29.9 Å². The molecule has 0 aliphatic heterocycles. The normalized spacial score (nSPS) is 10.5. The molecule has 0 aliphatic carbocycles. The molecule has 2 aromatic rings. The highest BCUT2D eigenvalue weighted by Gasteiger charge is 2.12. The van der Waals surface area contributed by atoms with Crippen molar-refractivity contribution in [2.75, 3.05) is 0 Å². The first-order chi connectivity index (χ1) is 8.09. The maximum Gasteiger partial charge on any atom is 0.172 e. The summed E-state index contributed by atoms with van der Waals surface area (Å²) in [6, 6.07) is 5.43. The molecule has 0 amide bonds. The molecule has 0 radical (unpaired) electrons. The van der Waals surface area contributed by atoms with Crippen LogP contribution in [0.4, 0.5) is 0 Å². The van der Waals surface area contributed by atoms with Crippen molar-refractivity contribution < 1.29 is 0 Å². The van der Waals surface area contributed by atoms with Gasteiger partial charge in [-0.15, -0.1) is 0 Å². The quantitative estimate of drug-likeness (QED) is 0.663. The Balaban J connectivity index is 2.43. The molecule has 0 atom stereocenters. The fourth-order valence-electron chi connectivity index (χ4n) is 1.40. The summed E-state index contributed by atoms with van der Waals surface area (Å²) < 4.78 is 1.90. The number of benzene rings is 1. The topological polar surface area (TPSA) is 67.7 Å². The van der Waals surface area contributed by atoms with Gasteiger partial charge in [-0.1, -0.05) is 29.4 Å². The van der Waals surface area contributed by atoms with Gasteiger partial charge in [0.05, 0.1) is 5.02 Å². The van der Waals surface area contributed by atoms with E-state index in [9.17, 15) is 0 Å². The molecule has 1 aromatic heterocycles. The highest BCUT2D eigenvalue weighted by molar-refractivity contribution is 7.99. The SMILES string of the molecule is Cn1ccnc1Sc1cccc(Cl)c1C(=N)N. The Morgan fingerprint density at radius 1 is 1.53 bits per heavy atom. The van der Waals surface area contributed by atoms with E-state index in [-0.39, 0.29) is 5.84 Å². The molecule has 0 aliphatic rings. The minimum Gasteiger partial charge on any atom is -0.384 e. The van der Waals surface area contributed by atoms with Crippen LogP contribution >= 0.6 is 23.4 Å². The number of nitrogens with one attached hydrogen (secondary N) is 1. The van der Waals surface area contributed by atoms with Gasteiger partial charge in [-0.25, -0.2) is 4.98 Å². The van der Waals surface area contributed by atoms with Crippen LogP contribution in [0.5, 0.6) is 0 Å². The first-order valence-electron chi connectivity index (χ1n) is 4.87. The third kappa shape index (κ3) is 2.45. The van der Waals surface area contributed by atoms with E-state index in [1.54, 1.807) is 12.3 Å². The minimum absolute atomic E-state index is 0.0349. The standard InChI is InChI=1S/C11H11ClN4S/c1-16-6-5-15-11(16)17-8-4-2-3-7(12)9(8)10(13)14/h2-6H,1H3,(H3,13,14). The first kappa shape index (κ1) is 12.0. The van der Waals surface area contributed by atoms with Crippen LogP contribution in [0.25, 0.3) is 0 Å². The summed E-state index contributed by atoms with van der Waals surface area (Å²) >= 11 is 7.48. The monoisotopic (exact) mass is 266 g/mol. The lowest BCUT2D eigenvalue weighted by molar-refractivity contribution is 0.790.